The number of sulfonamides is 1. The van der Waals surface area contributed by atoms with E-state index in [1.807, 2.05) is 6.92 Å². The number of anilines is 3. The highest BCUT2D eigenvalue weighted by atomic mass is 35.5. The van der Waals surface area contributed by atoms with Crippen molar-refractivity contribution in [3.63, 3.8) is 0 Å². The molecule has 1 aliphatic rings. The Bertz CT molecular complexity index is 1300. The zero-order valence-electron chi connectivity index (χ0n) is 21.1. The van der Waals surface area contributed by atoms with Crippen molar-refractivity contribution in [1.29, 1.82) is 0 Å². The molecule has 0 spiro atoms. The molecule has 0 saturated carbocycles. The summed E-state index contributed by atoms with van der Waals surface area (Å²) in [7, 11) is -3.49. The van der Waals surface area contributed by atoms with E-state index in [0.29, 0.717) is 29.4 Å². The minimum Gasteiger partial charge on any atom is -0.443 e. The van der Waals surface area contributed by atoms with Crippen molar-refractivity contribution >= 4 is 73.9 Å². The minimum absolute atomic E-state index is 0.00257. The van der Waals surface area contributed by atoms with Crippen LogP contribution >= 0.6 is 34.8 Å². The van der Waals surface area contributed by atoms with Crippen molar-refractivity contribution in [2.45, 2.75) is 52.6 Å². The van der Waals surface area contributed by atoms with Crippen LogP contribution in [0, 0.1) is 0 Å². The van der Waals surface area contributed by atoms with Gasteiger partial charge < -0.3 is 10.1 Å². The lowest BCUT2D eigenvalue weighted by Gasteiger charge is -2.28. The topological polar surface area (TPSA) is 96.0 Å². The van der Waals surface area contributed by atoms with Crippen molar-refractivity contribution in [2.24, 2.45) is 0 Å². The van der Waals surface area contributed by atoms with Gasteiger partial charge in [-0.2, -0.15) is 0 Å². The minimum atomic E-state index is -3.49. The van der Waals surface area contributed by atoms with Gasteiger partial charge in [-0.25, -0.2) is 13.2 Å². The fourth-order valence-electron chi connectivity index (χ4n) is 3.77. The molecule has 1 N–H and O–H groups in total. The molecule has 12 heteroatoms. The molecule has 0 aromatic heterocycles. The molecule has 0 bridgehead atoms. The van der Waals surface area contributed by atoms with Gasteiger partial charge in [0, 0.05) is 23.8 Å². The summed E-state index contributed by atoms with van der Waals surface area (Å²) < 4.78 is 31.5. The van der Waals surface area contributed by atoms with Gasteiger partial charge in [0.15, 0.2) is 0 Å². The van der Waals surface area contributed by atoms with E-state index in [-0.39, 0.29) is 33.6 Å². The third-order valence-electron chi connectivity index (χ3n) is 5.45. The number of carbonyl (C=O) groups excluding carboxylic acids is 2. The fraction of sp³-hybridized carbons (Fsp3) is 0.440. The fourth-order valence-corrected chi connectivity index (χ4v) is 5.96. The van der Waals surface area contributed by atoms with E-state index >= 15 is 0 Å². The van der Waals surface area contributed by atoms with E-state index in [1.54, 1.807) is 32.9 Å². The van der Waals surface area contributed by atoms with Crippen LogP contribution in [0.4, 0.5) is 21.9 Å². The number of rotatable bonds is 7. The van der Waals surface area contributed by atoms with Gasteiger partial charge >= 0.3 is 6.09 Å². The first-order valence-corrected chi connectivity index (χ1v) is 14.6. The Morgan fingerprint density at radius 1 is 1.11 bits per heavy atom. The lowest BCUT2D eigenvalue weighted by Crippen LogP contribution is -2.37. The molecule has 1 saturated heterocycles. The second-order valence-corrected chi connectivity index (χ2v) is 12.9. The smallest absolute Gasteiger partial charge is 0.414 e. The Morgan fingerprint density at radius 3 is 2.41 bits per heavy atom. The van der Waals surface area contributed by atoms with Crippen LogP contribution in [0.5, 0.6) is 0 Å². The zero-order valence-corrected chi connectivity index (χ0v) is 24.2. The first-order chi connectivity index (χ1) is 17.2. The van der Waals surface area contributed by atoms with Crippen LogP contribution in [0.15, 0.2) is 30.3 Å². The molecule has 2 aromatic rings. The second kappa shape index (κ2) is 11.7. The summed E-state index contributed by atoms with van der Waals surface area (Å²) in [6, 6.07) is 7.56. The average molecular weight is 591 g/mol. The maximum Gasteiger partial charge on any atom is 0.414 e. The number of hydrogen-bond donors (Lipinski definition) is 1. The molecule has 3 rings (SSSR count). The van der Waals surface area contributed by atoms with Crippen molar-refractivity contribution in [2.75, 3.05) is 33.4 Å². The summed E-state index contributed by atoms with van der Waals surface area (Å²) in [6.07, 6.45) is 1.52. The molecule has 8 nitrogen and oxygen atoms in total. The summed E-state index contributed by atoms with van der Waals surface area (Å²) in [5.41, 5.74) is 0.332. The van der Waals surface area contributed by atoms with E-state index in [2.05, 4.69) is 5.32 Å². The van der Waals surface area contributed by atoms with Gasteiger partial charge in [-0.05, 0) is 63.9 Å². The standard InChI is InChI=1S/C25H30Cl3N3O5S/c1-5-6-8-30(24(33)36-25(2,3)4)18-12-16(26)11-17(13-18)29-23(32)20-14-19(15-21(27)22(20)28)31-9-7-10-37(31,34)35/h11-15H,5-10H2,1-4H3,(H,29,32). The van der Waals surface area contributed by atoms with Gasteiger partial charge in [0.25, 0.3) is 5.91 Å². The number of benzene rings is 2. The molecule has 2 aromatic carbocycles. The molecule has 1 heterocycles. The second-order valence-electron chi connectivity index (χ2n) is 9.67. The van der Waals surface area contributed by atoms with Crippen molar-refractivity contribution in [1.82, 2.24) is 0 Å². The highest BCUT2D eigenvalue weighted by Crippen LogP contribution is 2.35. The van der Waals surface area contributed by atoms with Crippen LogP contribution in [-0.2, 0) is 14.8 Å². The molecular formula is C25H30Cl3N3O5S. The maximum atomic E-state index is 13.2. The molecule has 1 fully saturated rings. The average Bonchev–Trinajstić information content (AvgIpc) is 3.13. The first-order valence-electron chi connectivity index (χ1n) is 11.8. The molecule has 1 aliphatic heterocycles. The Hall–Kier alpha value is -2.20. The van der Waals surface area contributed by atoms with Gasteiger partial charge in [-0.1, -0.05) is 48.1 Å². The molecule has 202 valence electrons. The quantitative estimate of drug-likeness (QED) is 0.375. The molecule has 0 aliphatic carbocycles. The van der Waals surface area contributed by atoms with Crippen LogP contribution in [0.1, 0.15) is 57.3 Å². The maximum absolute atomic E-state index is 13.2. The molecule has 0 radical (unpaired) electrons. The van der Waals surface area contributed by atoms with E-state index < -0.39 is 27.6 Å². The summed E-state index contributed by atoms with van der Waals surface area (Å²) in [4.78, 5) is 27.6. The predicted octanol–water partition coefficient (Wildman–Crippen LogP) is 6.98. The number of amides is 2. The van der Waals surface area contributed by atoms with Gasteiger partial charge in [0.05, 0.1) is 32.7 Å². The molecule has 2 amide bonds. The molecular weight excluding hydrogens is 561 g/mol. The number of ether oxygens (including phenoxy) is 1. The molecule has 37 heavy (non-hydrogen) atoms. The number of carbonyl (C=O) groups is 2. The van der Waals surface area contributed by atoms with Crippen LogP contribution < -0.4 is 14.5 Å². The van der Waals surface area contributed by atoms with Gasteiger partial charge in [0.1, 0.15) is 5.60 Å². The largest absolute Gasteiger partial charge is 0.443 e. The Balaban J connectivity index is 1.93. The van der Waals surface area contributed by atoms with Crippen molar-refractivity contribution < 1.29 is 22.7 Å². The van der Waals surface area contributed by atoms with Gasteiger partial charge in [0.2, 0.25) is 10.0 Å². The molecule has 0 atom stereocenters. The predicted molar refractivity (Wildman–Crippen MR) is 150 cm³/mol. The van der Waals surface area contributed by atoms with Gasteiger partial charge in [-0.15, -0.1) is 0 Å². The van der Waals surface area contributed by atoms with Crippen LogP contribution in [-0.4, -0.2) is 44.9 Å². The third kappa shape index (κ3) is 7.44. The lowest BCUT2D eigenvalue weighted by molar-refractivity contribution is 0.0580. The van der Waals surface area contributed by atoms with E-state index in [0.717, 1.165) is 12.8 Å². The van der Waals surface area contributed by atoms with Crippen LogP contribution in [0.25, 0.3) is 0 Å². The summed E-state index contributed by atoms with van der Waals surface area (Å²) in [5, 5.41) is 3.06. The van der Waals surface area contributed by atoms with Gasteiger partial charge in [-0.3, -0.25) is 14.0 Å². The Kier molecular flexibility index (Phi) is 9.27. The van der Waals surface area contributed by atoms with E-state index in [9.17, 15) is 18.0 Å². The van der Waals surface area contributed by atoms with E-state index in [4.69, 9.17) is 39.5 Å². The number of unbranched alkanes of at least 4 members (excludes halogenated alkanes) is 1. The number of halogens is 3. The SMILES string of the molecule is CCCCN(C(=O)OC(C)(C)C)c1cc(Cl)cc(NC(=O)c2cc(N3CCCS3(=O)=O)cc(Cl)c2Cl)c1. The monoisotopic (exact) mass is 589 g/mol. The van der Waals surface area contributed by atoms with Crippen LogP contribution in [0.3, 0.4) is 0 Å². The number of nitrogens with one attached hydrogen (secondary N) is 1. The summed E-state index contributed by atoms with van der Waals surface area (Å²) >= 11 is 18.9. The lowest BCUT2D eigenvalue weighted by atomic mass is 10.1. The number of hydrogen-bond acceptors (Lipinski definition) is 5. The Morgan fingerprint density at radius 2 is 1.81 bits per heavy atom. The summed E-state index contributed by atoms with van der Waals surface area (Å²) in [5.74, 6) is -0.595. The normalized spacial score (nSPS) is 14.9. The van der Waals surface area contributed by atoms with Crippen LogP contribution in [0.2, 0.25) is 15.1 Å². The first kappa shape index (κ1) is 29.4. The van der Waals surface area contributed by atoms with Crippen molar-refractivity contribution in [3.8, 4) is 0 Å². The summed E-state index contributed by atoms with van der Waals surface area (Å²) in [6.45, 7) is 8.03. The zero-order chi connectivity index (χ0) is 27.5. The third-order valence-corrected chi connectivity index (χ3v) is 8.34. The van der Waals surface area contributed by atoms with E-state index in [1.165, 1.54) is 27.4 Å². The Labute approximate surface area is 232 Å². The molecule has 0 unspecified atom stereocenters. The van der Waals surface area contributed by atoms with Crippen molar-refractivity contribution in [3.05, 3.63) is 51.0 Å². The number of nitrogens with zero attached hydrogens (tertiary/aromatic N) is 2. The highest BCUT2D eigenvalue weighted by molar-refractivity contribution is 7.93. The highest BCUT2D eigenvalue weighted by Gasteiger charge is 2.30.